The molecule has 94 valence electrons. The number of carbonyl (C=O) groups excluding carboxylic acids is 1. The lowest BCUT2D eigenvalue weighted by molar-refractivity contribution is -0.118. The Labute approximate surface area is 105 Å². The van der Waals surface area contributed by atoms with Crippen LogP contribution in [0, 0.1) is 20.8 Å². The zero-order valence-corrected chi connectivity index (χ0v) is 11.8. The fourth-order valence-electron chi connectivity index (χ4n) is 2.34. The number of hydrogen-bond acceptors (Lipinski definition) is 1. The van der Waals surface area contributed by atoms with Gasteiger partial charge in [-0.25, -0.2) is 0 Å². The van der Waals surface area contributed by atoms with Gasteiger partial charge in [-0.15, -0.1) is 0 Å². The van der Waals surface area contributed by atoms with Gasteiger partial charge < -0.3 is 0 Å². The fraction of sp³-hybridized carbons (Fsp3) is 0.562. The SMILES string of the molecule is CCCCC(C(C)=O)c1ccc(C)c(C)c1C. The van der Waals surface area contributed by atoms with Gasteiger partial charge in [0.15, 0.2) is 0 Å². The molecule has 1 rings (SSSR count). The first-order valence-electron chi connectivity index (χ1n) is 6.56. The third-order valence-electron chi connectivity index (χ3n) is 3.81. The quantitative estimate of drug-likeness (QED) is 0.731. The first kappa shape index (κ1) is 14.0. The van der Waals surface area contributed by atoms with Crippen molar-refractivity contribution in [2.24, 2.45) is 0 Å². The van der Waals surface area contributed by atoms with Gasteiger partial charge >= 0.3 is 0 Å². The van der Waals surface area contributed by atoms with Gasteiger partial charge in [-0.1, -0.05) is 31.9 Å². The Bertz CT molecular complexity index is 404. The second-order valence-corrected chi connectivity index (χ2v) is 5.03. The highest BCUT2D eigenvalue weighted by atomic mass is 16.1. The maximum atomic E-state index is 11.8. The normalized spacial score (nSPS) is 12.5. The highest BCUT2D eigenvalue weighted by Crippen LogP contribution is 2.29. The fourth-order valence-corrected chi connectivity index (χ4v) is 2.34. The maximum Gasteiger partial charge on any atom is 0.137 e. The Morgan fingerprint density at radius 1 is 1.18 bits per heavy atom. The molecule has 0 heterocycles. The molecule has 1 unspecified atom stereocenters. The van der Waals surface area contributed by atoms with Crippen molar-refractivity contribution in [3.05, 3.63) is 34.4 Å². The molecule has 0 spiro atoms. The van der Waals surface area contributed by atoms with Crippen molar-refractivity contribution in [1.82, 2.24) is 0 Å². The smallest absolute Gasteiger partial charge is 0.137 e. The van der Waals surface area contributed by atoms with Crippen LogP contribution >= 0.6 is 0 Å². The molecule has 1 nitrogen and oxygen atoms in total. The Morgan fingerprint density at radius 3 is 2.35 bits per heavy atom. The predicted octanol–water partition coefficient (Wildman–Crippen LogP) is 4.47. The lowest BCUT2D eigenvalue weighted by Crippen LogP contribution is -2.11. The Morgan fingerprint density at radius 2 is 1.82 bits per heavy atom. The molecule has 1 aromatic carbocycles. The third-order valence-corrected chi connectivity index (χ3v) is 3.81. The van der Waals surface area contributed by atoms with E-state index < -0.39 is 0 Å². The maximum absolute atomic E-state index is 11.8. The molecule has 0 aliphatic carbocycles. The van der Waals surface area contributed by atoms with E-state index in [1.54, 1.807) is 6.92 Å². The van der Waals surface area contributed by atoms with Gasteiger partial charge in [-0.2, -0.15) is 0 Å². The van der Waals surface area contributed by atoms with Gasteiger partial charge in [0.2, 0.25) is 0 Å². The number of ketones is 1. The van der Waals surface area contributed by atoms with Crippen LogP contribution in [-0.4, -0.2) is 5.78 Å². The molecule has 0 aliphatic heterocycles. The average molecular weight is 232 g/mol. The van der Waals surface area contributed by atoms with E-state index in [4.69, 9.17) is 0 Å². The minimum Gasteiger partial charge on any atom is -0.299 e. The molecule has 0 fully saturated rings. The van der Waals surface area contributed by atoms with Crippen LogP contribution in [0.3, 0.4) is 0 Å². The average Bonchev–Trinajstić information content (AvgIpc) is 2.28. The van der Waals surface area contributed by atoms with Crippen LogP contribution in [-0.2, 0) is 4.79 Å². The van der Waals surface area contributed by atoms with Crippen LogP contribution < -0.4 is 0 Å². The first-order chi connectivity index (χ1) is 7.99. The molecule has 0 aromatic heterocycles. The number of rotatable bonds is 5. The van der Waals surface area contributed by atoms with Gasteiger partial charge in [-0.05, 0) is 56.4 Å². The van der Waals surface area contributed by atoms with E-state index in [-0.39, 0.29) is 5.92 Å². The van der Waals surface area contributed by atoms with Crippen molar-refractivity contribution in [2.45, 2.75) is 59.8 Å². The summed E-state index contributed by atoms with van der Waals surface area (Å²) in [6, 6.07) is 4.28. The monoisotopic (exact) mass is 232 g/mol. The summed E-state index contributed by atoms with van der Waals surface area (Å²) < 4.78 is 0. The molecule has 1 atom stereocenters. The van der Waals surface area contributed by atoms with Gasteiger partial charge in [0.05, 0.1) is 0 Å². The van der Waals surface area contributed by atoms with Gasteiger partial charge in [0.25, 0.3) is 0 Å². The van der Waals surface area contributed by atoms with E-state index in [1.165, 1.54) is 22.3 Å². The molecule has 0 radical (unpaired) electrons. The Hall–Kier alpha value is -1.11. The van der Waals surface area contributed by atoms with Gasteiger partial charge in [0.1, 0.15) is 5.78 Å². The lowest BCUT2D eigenvalue weighted by atomic mass is 9.85. The van der Waals surface area contributed by atoms with Crippen LogP contribution in [0.5, 0.6) is 0 Å². The molecular weight excluding hydrogens is 208 g/mol. The zero-order chi connectivity index (χ0) is 13.0. The number of aryl methyl sites for hydroxylation is 1. The highest BCUT2D eigenvalue weighted by Gasteiger charge is 2.19. The summed E-state index contributed by atoms with van der Waals surface area (Å²) in [6.07, 6.45) is 3.25. The standard InChI is InChI=1S/C16H24O/c1-6-7-8-16(14(5)17)15-10-9-11(2)12(3)13(15)4/h9-10,16H,6-8H2,1-5H3. The molecule has 0 amide bonds. The van der Waals surface area contributed by atoms with Gasteiger partial charge in [-0.3, -0.25) is 4.79 Å². The molecular formula is C16H24O. The minimum atomic E-state index is 0.0919. The van der Waals surface area contributed by atoms with Crippen molar-refractivity contribution >= 4 is 5.78 Å². The van der Waals surface area contributed by atoms with E-state index in [2.05, 4.69) is 39.8 Å². The van der Waals surface area contributed by atoms with Crippen LogP contribution in [0.25, 0.3) is 0 Å². The van der Waals surface area contributed by atoms with E-state index in [1.807, 2.05) is 0 Å². The summed E-state index contributed by atoms with van der Waals surface area (Å²) in [4.78, 5) is 11.8. The van der Waals surface area contributed by atoms with E-state index in [0.717, 1.165) is 19.3 Å². The summed E-state index contributed by atoms with van der Waals surface area (Å²) >= 11 is 0. The number of unbranched alkanes of at least 4 members (excludes halogenated alkanes) is 1. The van der Waals surface area contributed by atoms with Crippen LogP contribution in [0.4, 0.5) is 0 Å². The molecule has 0 N–H and O–H groups in total. The van der Waals surface area contributed by atoms with Crippen molar-refractivity contribution in [3.63, 3.8) is 0 Å². The van der Waals surface area contributed by atoms with Crippen molar-refractivity contribution in [3.8, 4) is 0 Å². The summed E-state index contributed by atoms with van der Waals surface area (Å²) in [5, 5.41) is 0. The van der Waals surface area contributed by atoms with E-state index in [0.29, 0.717) is 5.78 Å². The van der Waals surface area contributed by atoms with Crippen LogP contribution in [0.15, 0.2) is 12.1 Å². The van der Waals surface area contributed by atoms with E-state index >= 15 is 0 Å². The molecule has 1 aromatic rings. The largest absolute Gasteiger partial charge is 0.299 e. The summed E-state index contributed by atoms with van der Waals surface area (Å²) in [6.45, 7) is 10.3. The minimum absolute atomic E-state index is 0.0919. The molecule has 1 heteroatoms. The number of benzene rings is 1. The Kier molecular flexibility index (Phi) is 4.92. The molecule has 0 aliphatic rings. The topological polar surface area (TPSA) is 17.1 Å². The van der Waals surface area contributed by atoms with Crippen molar-refractivity contribution in [2.75, 3.05) is 0 Å². The summed E-state index contributed by atoms with van der Waals surface area (Å²) in [5.74, 6) is 0.388. The molecule has 0 saturated carbocycles. The number of carbonyl (C=O) groups is 1. The second-order valence-electron chi connectivity index (χ2n) is 5.03. The van der Waals surface area contributed by atoms with Crippen molar-refractivity contribution in [1.29, 1.82) is 0 Å². The lowest BCUT2D eigenvalue weighted by Gasteiger charge is -2.19. The highest BCUT2D eigenvalue weighted by molar-refractivity contribution is 5.83. The predicted molar refractivity (Wildman–Crippen MR) is 73.6 cm³/mol. The summed E-state index contributed by atoms with van der Waals surface area (Å²) in [7, 11) is 0. The summed E-state index contributed by atoms with van der Waals surface area (Å²) in [5.41, 5.74) is 5.16. The molecule has 0 saturated heterocycles. The third kappa shape index (κ3) is 3.18. The molecule has 17 heavy (non-hydrogen) atoms. The molecule has 0 bridgehead atoms. The second kappa shape index (κ2) is 6.00. The van der Waals surface area contributed by atoms with Crippen LogP contribution in [0.1, 0.15) is 61.3 Å². The Balaban J connectivity index is 3.10. The zero-order valence-electron chi connectivity index (χ0n) is 11.8. The first-order valence-corrected chi connectivity index (χ1v) is 6.56. The van der Waals surface area contributed by atoms with E-state index in [9.17, 15) is 4.79 Å². The van der Waals surface area contributed by atoms with Gasteiger partial charge in [0, 0.05) is 5.92 Å². The number of Topliss-reactive ketones (excluding diaryl/α,β-unsaturated/α-hetero) is 1. The number of hydrogen-bond donors (Lipinski definition) is 0. The van der Waals surface area contributed by atoms with Crippen LogP contribution in [0.2, 0.25) is 0 Å². The van der Waals surface area contributed by atoms with Crippen molar-refractivity contribution < 1.29 is 4.79 Å².